The molecular formula is C10H7ClFN3O3. The van der Waals surface area contributed by atoms with Crippen molar-refractivity contribution in [3.8, 4) is 5.69 Å². The molecule has 1 N–H and O–H groups in total. The summed E-state index contributed by atoms with van der Waals surface area (Å²) in [7, 11) is 1.28. The zero-order valence-electron chi connectivity index (χ0n) is 9.09. The van der Waals surface area contributed by atoms with Crippen molar-refractivity contribution in [2.24, 2.45) is 7.05 Å². The molecule has 18 heavy (non-hydrogen) atoms. The van der Waals surface area contributed by atoms with E-state index in [0.29, 0.717) is 0 Å². The lowest BCUT2D eigenvalue weighted by atomic mass is 10.3. The fourth-order valence-corrected chi connectivity index (χ4v) is 1.58. The number of aromatic nitrogens is 3. The average molecular weight is 272 g/mol. The minimum atomic E-state index is -1.33. The SMILES string of the molecule is Cn1c(C(=O)O)nn(-c2ccc(F)c(Cl)c2)c1=O. The van der Waals surface area contributed by atoms with Gasteiger partial charge in [0.15, 0.2) is 0 Å². The first kappa shape index (κ1) is 12.3. The number of rotatable bonds is 2. The molecule has 1 heterocycles. The van der Waals surface area contributed by atoms with Crippen LogP contribution in [0.25, 0.3) is 5.69 Å². The molecule has 0 aliphatic heterocycles. The van der Waals surface area contributed by atoms with E-state index in [4.69, 9.17) is 16.7 Å². The van der Waals surface area contributed by atoms with E-state index in [1.54, 1.807) is 0 Å². The highest BCUT2D eigenvalue weighted by Gasteiger charge is 2.17. The molecule has 0 amide bonds. The van der Waals surface area contributed by atoms with Crippen LogP contribution in [0.15, 0.2) is 23.0 Å². The Labute approximate surface area is 105 Å². The molecule has 1 aromatic heterocycles. The lowest BCUT2D eigenvalue weighted by Crippen LogP contribution is -2.22. The van der Waals surface area contributed by atoms with Gasteiger partial charge in [-0.05, 0) is 18.2 Å². The summed E-state index contributed by atoms with van der Waals surface area (Å²) in [6, 6.07) is 3.54. The van der Waals surface area contributed by atoms with Crippen molar-refractivity contribution in [3.63, 3.8) is 0 Å². The minimum Gasteiger partial charge on any atom is -0.475 e. The Morgan fingerprint density at radius 3 is 2.67 bits per heavy atom. The number of benzene rings is 1. The molecule has 94 valence electrons. The number of carboxylic acid groups (broad SMARTS) is 1. The summed E-state index contributed by atoms with van der Waals surface area (Å²) in [5, 5.41) is 12.3. The zero-order chi connectivity index (χ0) is 13.4. The molecule has 0 fully saturated rings. The minimum absolute atomic E-state index is 0.179. The van der Waals surface area contributed by atoms with Gasteiger partial charge in [-0.25, -0.2) is 14.0 Å². The quantitative estimate of drug-likeness (QED) is 0.886. The smallest absolute Gasteiger partial charge is 0.374 e. The maximum absolute atomic E-state index is 13.0. The number of halogens is 2. The van der Waals surface area contributed by atoms with Crippen LogP contribution in [0.1, 0.15) is 10.6 Å². The molecule has 0 spiro atoms. The van der Waals surface area contributed by atoms with Gasteiger partial charge >= 0.3 is 11.7 Å². The topological polar surface area (TPSA) is 77.1 Å². The van der Waals surface area contributed by atoms with Crippen molar-refractivity contribution in [1.82, 2.24) is 14.3 Å². The Hall–Kier alpha value is -2.15. The molecular weight excluding hydrogens is 265 g/mol. The summed E-state index contributed by atoms with van der Waals surface area (Å²) in [4.78, 5) is 22.6. The molecule has 0 saturated carbocycles. The van der Waals surface area contributed by atoms with Crippen LogP contribution < -0.4 is 5.69 Å². The van der Waals surface area contributed by atoms with E-state index >= 15 is 0 Å². The molecule has 2 rings (SSSR count). The lowest BCUT2D eigenvalue weighted by molar-refractivity contribution is 0.0678. The standard InChI is InChI=1S/C10H7ClFN3O3/c1-14-8(9(16)17)13-15(10(14)18)5-2-3-7(12)6(11)4-5/h2-4H,1H3,(H,16,17). The van der Waals surface area contributed by atoms with Crippen LogP contribution in [0.4, 0.5) is 4.39 Å². The Morgan fingerprint density at radius 2 is 2.17 bits per heavy atom. The normalized spacial score (nSPS) is 10.6. The van der Waals surface area contributed by atoms with Crippen molar-refractivity contribution in [3.05, 3.63) is 45.3 Å². The monoisotopic (exact) mass is 271 g/mol. The first-order chi connectivity index (χ1) is 8.41. The van der Waals surface area contributed by atoms with E-state index in [2.05, 4.69) is 5.10 Å². The summed E-state index contributed by atoms with van der Waals surface area (Å²) >= 11 is 5.58. The van der Waals surface area contributed by atoms with Gasteiger partial charge in [0, 0.05) is 7.05 Å². The van der Waals surface area contributed by atoms with Gasteiger partial charge in [-0.15, -0.1) is 5.10 Å². The predicted molar refractivity (Wildman–Crippen MR) is 60.7 cm³/mol. The Bertz CT molecular complexity index is 692. The molecule has 0 unspecified atom stereocenters. The van der Waals surface area contributed by atoms with Gasteiger partial charge in [0.2, 0.25) is 5.82 Å². The third-order valence-corrected chi connectivity index (χ3v) is 2.61. The zero-order valence-corrected chi connectivity index (χ0v) is 9.85. The van der Waals surface area contributed by atoms with E-state index in [-0.39, 0.29) is 10.7 Å². The number of carbonyl (C=O) groups is 1. The van der Waals surface area contributed by atoms with Crippen LogP contribution in [0.3, 0.4) is 0 Å². The van der Waals surface area contributed by atoms with Gasteiger partial charge in [0.25, 0.3) is 0 Å². The number of hydrogen-bond donors (Lipinski definition) is 1. The van der Waals surface area contributed by atoms with Gasteiger partial charge in [-0.3, -0.25) is 4.57 Å². The second kappa shape index (κ2) is 4.26. The first-order valence-electron chi connectivity index (χ1n) is 4.76. The van der Waals surface area contributed by atoms with Gasteiger partial charge in [0.1, 0.15) is 5.82 Å². The summed E-state index contributed by atoms with van der Waals surface area (Å²) in [6.45, 7) is 0. The molecule has 0 atom stereocenters. The maximum atomic E-state index is 13.0. The van der Waals surface area contributed by atoms with Crippen LogP contribution in [0.2, 0.25) is 5.02 Å². The number of carboxylic acids is 1. The van der Waals surface area contributed by atoms with Crippen molar-refractivity contribution < 1.29 is 14.3 Å². The summed E-state index contributed by atoms with van der Waals surface area (Å²) < 4.78 is 14.7. The molecule has 0 aliphatic rings. The lowest BCUT2D eigenvalue weighted by Gasteiger charge is -2.00. The summed E-state index contributed by atoms with van der Waals surface area (Å²) in [5.41, 5.74) is -0.468. The van der Waals surface area contributed by atoms with Crippen LogP contribution in [-0.4, -0.2) is 25.4 Å². The van der Waals surface area contributed by atoms with E-state index in [1.807, 2.05) is 0 Å². The maximum Gasteiger partial charge on any atom is 0.374 e. The van der Waals surface area contributed by atoms with Crippen LogP contribution in [0.5, 0.6) is 0 Å². The van der Waals surface area contributed by atoms with Crippen molar-refractivity contribution in [1.29, 1.82) is 0 Å². The molecule has 0 aliphatic carbocycles. The van der Waals surface area contributed by atoms with E-state index in [9.17, 15) is 14.0 Å². The molecule has 8 heteroatoms. The van der Waals surface area contributed by atoms with E-state index in [1.165, 1.54) is 19.2 Å². The molecule has 2 aromatic rings. The van der Waals surface area contributed by atoms with Gasteiger partial charge in [-0.1, -0.05) is 11.6 Å². The van der Waals surface area contributed by atoms with Crippen molar-refractivity contribution in [2.75, 3.05) is 0 Å². The molecule has 6 nitrogen and oxygen atoms in total. The summed E-state index contributed by atoms with van der Waals surface area (Å²) in [6.07, 6.45) is 0. The van der Waals surface area contributed by atoms with Crippen molar-refractivity contribution in [2.45, 2.75) is 0 Å². The van der Waals surface area contributed by atoms with Crippen LogP contribution in [0, 0.1) is 5.82 Å². The van der Waals surface area contributed by atoms with Crippen molar-refractivity contribution >= 4 is 17.6 Å². The van der Waals surface area contributed by atoms with Gasteiger partial charge in [0.05, 0.1) is 10.7 Å². The third-order valence-electron chi connectivity index (χ3n) is 2.32. The van der Waals surface area contributed by atoms with Crippen LogP contribution in [-0.2, 0) is 7.05 Å². The Kier molecular flexibility index (Phi) is 2.92. The highest BCUT2D eigenvalue weighted by Crippen LogP contribution is 2.17. The predicted octanol–water partition coefficient (Wildman–Crippen LogP) is 1.06. The second-order valence-electron chi connectivity index (χ2n) is 3.48. The Balaban J connectivity index is 2.65. The molecule has 0 radical (unpaired) electrons. The van der Waals surface area contributed by atoms with Gasteiger partial charge in [-0.2, -0.15) is 4.68 Å². The molecule has 0 bridgehead atoms. The van der Waals surface area contributed by atoms with E-state index in [0.717, 1.165) is 15.3 Å². The Morgan fingerprint density at radius 1 is 1.50 bits per heavy atom. The number of hydrogen-bond acceptors (Lipinski definition) is 3. The highest BCUT2D eigenvalue weighted by atomic mass is 35.5. The highest BCUT2D eigenvalue weighted by molar-refractivity contribution is 6.30. The largest absolute Gasteiger partial charge is 0.475 e. The van der Waals surface area contributed by atoms with Gasteiger partial charge < -0.3 is 5.11 Å². The fourth-order valence-electron chi connectivity index (χ4n) is 1.41. The average Bonchev–Trinajstić information content (AvgIpc) is 2.60. The number of nitrogens with zero attached hydrogens (tertiary/aromatic N) is 3. The van der Waals surface area contributed by atoms with Crippen LogP contribution >= 0.6 is 11.6 Å². The molecule has 1 aromatic carbocycles. The fraction of sp³-hybridized carbons (Fsp3) is 0.100. The summed E-state index contributed by atoms with van der Waals surface area (Å²) in [5.74, 6) is -2.38. The second-order valence-corrected chi connectivity index (χ2v) is 3.89. The number of aromatic carboxylic acids is 1. The third kappa shape index (κ3) is 1.88. The van der Waals surface area contributed by atoms with E-state index < -0.39 is 23.3 Å². The molecule has 0 saturated heterocycles. The first-order valence-corrected chi connectivity index (χ1v) is 5.14.